The number of H-pyrrole nitrogens is 1. The van der Waals surface area contributed by atoms with Gasteiger partial charge in [-0.1, -0.05) is 32.0 Å². The summed E-state index contributed by atoms with van der Waals surface area (Å²) in [6.07, 6.45) is 4.09. The lowest BCUT2D eigenvalue weighted by Crippen LogP contribution is -2.32. The van der Waals surface area contributed by atoms with Crippen molar-refractivity contribution in [1.29, 1.82) is 0 Å². The van der Waals surface area contributed by atoms with Crippen molar-refractivity contribution in [3.8, 4) is 5.75 Å². The second-order valence-electron chi connectivity index (χ2n) is 5.92. The summed E-state index contributed by atoms with van der Waals surface area (Å²) in [7, 11) is 1.67. The van der Waals surface area contributed by atoms with E-state index in [1.165, 1.54) is 6.20 Å². The Bertz CT molecular complexity index is 737. The van der Waals surface area contributed by atoms with Gasteiger partial charge in [-0.15, -0.1) is 0 Å². The first-order valence-electron chi connectivity index (χ1n) is 7.96. The fourth-order valence-corrected chi connectivity index (χ4v) is 2.65. The van der Waals surface area contributed by atoms with Gasteiger partial charge in [0, 0.05) is 18.3 Å². The minimum atomic E-state index is -0.332. The zero-order valence-corrected chi connectivity index (χ0v) is 14.3. The largest absolute Gasteiger partial charge is 0.496 e. The summed E-state index contributed by atoms with van der Waals surface area (Å²) >= 11 is 0. The molecule has 0 saturated carbocycles. The highest BCUT2D eigenvalue weighted by Gasteiger charge is 2.27. The minimum absolute atomic E-state index is 0.113. The molecule has 6 heteroatoms. The zero-order valence-electron chi connectivity index (χ0n) is 14.3. The smallest absolute Gasteiger partial charge is 0.271 e. The molecule has 0 bridgehead atoms. The van der Waals surface area contributed by atoms with E-state index in [0.29, 0.717) is 6.54 Å². The normalized spacial score (nSPS) is 13.1. The Kier molecular flexibility index (Phi) is 5.73. The summed E-state index contributed by atoms with van der Waals surface area (Å²) in [6.45, 7) is 4.79. The molecule has 1 atom stereocenters. The fraction of sp³-hybridized carbons (Fsp3) is 0.389. The van der Waals surface area contributed by atoms with Crippen LogP contribution in [-0.4, -0.2) is 29.5 Å². The lowest BCUT2D eigenvalue weighted by molar-refractivity contribution is 0.0945. The quantitative estimate of drug-likeness (QED) is 0.816. The molecule has 2 N–H and O–H groups in total. The van der Waals surface area contributed by atoms with Gasteiger partial charge in [0.1, 0.15) is 11.4 Å². The predicted octanol–water partition coefficient (Wildman–Crippen LogP) is 2.27. The average Bonchev–Trinajstić information content (AvgIpc) is 2.62. The third-order valence-electron chi connectivity index (χ3n) is 4.40. The van der Waals surface area contributed by atoms with Crippen LogP contribution in [-0.2, 0) is 5.41 Å². The summed E-state index contributed by atoms with van der Waals surface area (Å²) in [6, 6.07) is 7.95. The van der Waals surface area contributed by atoms with Crippen molar-refractivity contribution in [2.75, 3.05) is 13.7 Å². The minimum Gasteiger partial charge on any atom is -0.496 e. The monoisotopic (exact) mass is 329 g/mol. The lowest BCUT2D eigenvalue weighted by Gasteiger charge is -2.30. The van der Waals surface area contributed by atoms with Gasteiger partial charge >= 0.3 is 0 Å². The van der Waals surface area contributed by atoms with E-state index < -0.39 is 0 Å². The summed E-state index contributed by atoms with van der Waals surface area (Å²) in [5, 5.41) is 2.85. The third-order valence-corrected chi connectivity index (χ3v) is 4.40. The molecule has 0 spiro atoms. The number of methoxy groups -OCH3 is 1. The molecule has 0 saturated heterocycles. The molecule has 0 fully saturated rings. The van der Waals surface area contributed by atoms with Crippen LogP contribution in [0.2, 0.25) is 0 Å². The molecule has 24 heavy (non-hydrogen) atoms. The maximum absolute atomic E-state index is 12.1. The maximum atomic E-state index is 12.1. The number of benzene rings is 1. The number of ether oxygens (including phenoxy) is 1. The number of aromatic nitrogens is 2. The molecule has 1 amide bonds. The molecule has 2 aromatic rings. The molecule has 0 radical (unpaired) electrons. The average molecular weight is 329 g/mol. The van der Waals surface area contributed by atoms with E-state index >= 15 is 0 Å². The number of nitrogens with zero attached hydrogens (tertiary/aromatic N) is 1. The molecule has 1 heterocycles. The lowest BCUT2D eigenvalue weighted by atomic mass is 9.77. The molecule has 128 valence electrons. The molecule has 1 aromatic carbocycles. The Morgan fingerprint density at radius 1 is 1.38 bits per heavy atom. The molecular formula is C18H23N3O3. The van der Waals surface area contributed by atoms with Crippen LogP contribution < -0.4 is 15.6 Å². The highest BCUT2D eigenvalue weighted by molar-refractivity contribution is 5.91. The van der Waals surface area contributed by atoms with Crippen molar-refractivity contribution in [3.05, 3.63) is 58.3 Å². The molecule has 1 unspecified atom stereocenters. The van der Waals surface area contributed by atoms with E-state index in [1.54, 1.807) is 7.11 Å². The molecule has 1 aromatic heterocycles. The highest BCUT2D eigenvalue weighted by atomic mass is 16.5. The first-order valence-corrected chi connectivity index (χ1v) is 7.96. The van der Waals surface area contributed by atoms with Crippen molar-refractivity contribution in [3.63, 3.8) is 0 Å². The van der Waals surface area contributed by atoms with Crippen LogP contribution in [0.25, 0.3) is 0 Å². The van der Waals surface area contributed by atoms with Crippen LogP contribution in [0, 0.1) is 0 Å². The number of amides is 1. The Hall–Kier alpha value is -2.63. The van der Waals surface area contributed by atoms with Gasteiger partial charge in [-0.2, -0.15) is 0 Å². The number of carbonyl (C=O) groups excluding carboxylic acids is 1. The van der Waals surface area contributed by atoms with Crippen LogP contribution in [0.15, 0.2) is 41.5 Å². The van der Waals surface area contributed by atoms with Gasteiger partial charge < -0.3 is 15.0 Å². The molecule has 0 aliphatic carbocycles. The van der Waals surface area contributed by atoms with E-state index in [-0.39, 0.29) is 22.6 Å². The summed E-state index contributed by atoms with van der Waals surface area (Å²) in [5.41, 5.74) is 0.885. The van der Waals surface area contributed by atoms with Crippen LogP contribution in [0.3, 0.4) is 0 Å². The third kappa shape index (κ3) is 4.01. The first kappa shape index (κ1) is 17.7. The number of hydrogen-bond donors (Lipinski definition) is 2. The van der Waals surface area contributed by atoms with Gasteiger partial charge in [-0.3, -0.25) is 9.59 Å². The van der Waals surface area contributed by atoms with Crippen LogP contribution in [0.5, 0.6) is 5.75 Å². The number of nitrogens with one attached hydrogen (secondary N) is 2. The summed E-state index contributed by atoms with van der Waals surface area (Å²) < 4.78 is 5.47. The molecular weight excluding hydrogens is 306 g/mol. The van der Waals surface area contributed by atoms with E-state index in [1.807, 2.05) is 18.2 Å². The van der Waals surface area contributed by atoms with Gasteiger partial charge in [-0.25, -0.2) is 4.98 Å². The molecule has 2 rings (SSSR count). The highest BCUT2D eigenvalue weighted by Crippen LogP contribution is 2.36. The second-order valence-corrected chi connectivity index (χ2v) is 5.92. The molecule has 6 nitrogen and oxygen atoms in total. The first-order chi connectivity index (χ1) is 11.5. The Balaban J connectivity index is 2.04. The van der Waals surface area contributed by atoms with Crippen LogP contribution in [0.4, 0.5) is 0 Å². The fourth-order valence-electron chi connectivity index (χ4n) is 2.65. The molecule has 0 aliphatic heterocycles. The Labute approximate surface area is 141 Å². The maximum Gasteiger partial charge on any atom is 0.271 e. The van der Waals surface area contributed by atoms with E-state index in [9.17, 15) is 9.59 Å². The van der Waals surface area contributed by atoms with Gasteiger partial charge in [0.25, 0.3) is 11.5 Å². The van der Waals surface area contributed by atoms with Crippen molar-refractivity contribution in [2.24, 2.45) is 0 Å². The number of aromatic amines is 1. The standard InChI is InChI=1S/C18H23N3O3/c1-4-18(2,13-7-5-6-8-15(13)24-3)9-10-19-17(23)14-11-21-16(22)12-20-14/h5-8,11-12H,4,9-10H2,1-3H3,(H,19,23)(H,21,22). The van der Waals surface area contributed by atoms with Gasteiger partial charge in [0.2, 0.25) is 0 Å². The SMILES string of the molecule is CCC(C)(CCNC(=O)c1c[nH]c(=O)cn1)c1ccccc1OC. The second kappa shape index (κ2) is 7.77. The topological polar surface area (TPSA) is 84.1 Å². The van der Waals surface area contributed by atoms with Gasteiger partial charge in [0.05, 0.1) is 13.3 Å². The van der Waals surface area contributed by atoms with Crippen molar-refractivity contribution < 1.29 is 9.53 Å². The number of hydrogen-bond acceptors (Lipinski definition) is 4. The van der Waals surface area contributed by atoms with Crippen molar-refractivity contribution in [2.45, 2.75) is 32.1 Å². The Morgan fingerprint density at radius 3 is 2.75 bits per heavy atom. The van der Waals surface area contributed by atoms with Gasteiger partial charge in [-0.05, 0) is 24.3 Å². The van der Waals surface area contributed by atoms with Crippen LogP contribution in [0.1, 0.15) is 42.7 Å². The van der Waals surface area contributed by atoms with Crippen molar-refractivity contribution >= 4 is 5.91 Å². The number of carbonyl (C=O) groups is 1. The molecule has 0 aliphatic rings. The number of para-hydroxylation sites is 1. The van der Waals surface area contributed by atoms with E-state index in [4.69, 9.17) is 4.74 Å². The van der Waals surface area contributed by atoms with Gasteiger partial charge in [0.15, 0.2) is 0 Å². The zero-order chi connectivity index (χ0) is 17.6. The Morgan fingerprint density at radius 2 is 2.12 bits per heavy atom. The van der Waals surface area contributed by atoms with Crippen LogP contribution >= 0.6 is 0 Å². The van der Waals surface area contributed by atoms with E-state index in [2.05, 4.69) is 35.2 Å². The predicted molar refractivity (Wildman–Crippen MR) is 92.4 cm³/mol. The summed E-state index contributed by atoms with van der Waals surface area (Å²) in [4.78, 5) is 29.3. The number of rotatable bonds is 7. The van der Waals surface area contributed by atoms with E-state index in [0.717, 1.165) is 30.4 Å². The summed E-state index contributed by atoms with van der Waals surface area (Å²) in [5.74, 6) is 0.556. The van der Waals surface area contributed by atoms with Crippen molar-refractivity contribution in [1.82, 2.24) is 15.3 Å².